The molecule has 1 aliphatic rings. The monoisotopic (exact) mass is 433 g/mol. The Morgan fingerprint density at radius 3 is 2.56 bits per heavy atom. The number of nitrogens with one attached hydrogen (secondary N) is 1. The van der Waals surface area contributed by atoms with Crippen LogP contribution in [-0.2, 0) is 9.53 Å². The van der Waals surface area contributed by atoms with Gasteiger partial charge in [0, 0.05) is 30.5 Å². The highest BCUT2D eigenvalue weighted by atomic mass is 79.9. The molecule has 1 amide bonds. The largest absolute Gasteiger partial charge is 0.497 e. The lowest BCUT2D eigenvalue weighted by Crippen LogP contribution is -2.17. The molecule has 2 aromatic rings. The SMILES string of the molecule is COc1ccc(C(=O)c2cc(Br)c(O[C@H]3CCOC3)cc2NC(C)=O)cc1. The summed E-state index contributed by atoms with van der Waals surface area (Å²) >= 11 is 3.47. The van der Waals surface area contributed by atoms with Crippen LogP contribution in [0.5, 0.6) is 11.5 Å². The van der Waals surface area contributed by atoms with Gasteiger partial charge in [-0.25, -0.2) is 0 Å². The number of carbonyl (C=O) groups excluding carboxylic acids is 2. The number of halogens is 1. The Hall–Kier alpha value is -2.38. The number of benzene rings is 2. The van der Waals surface area contributed by atoms with Crippen molar-refractivity contribution >= 4 is 33.3 Å². The first kappa shape index (κ1) is 19.4. The molecule has 0 unspecified atom stereocenters. The van der Waals surface area contributed by atoms with Gasteiger partial charge in [0.15, 0.2) is 5.78 Å². The lowest BCUT2D eigenvalue weighted by Gasteiger charge is -2.17. The van der Waals surface area contributed by atoms with Crippen LogP contribution in [0.15, 0.2) is 40.9 Å². The Balaban J connectivity index is 1.95. The number of anilines is 1. The summed E-state index contributed by atoms with van der Waals surface area (Å²) in [6.07, 6.45) is 0.753. The summed E-state index contributed by atoms with van der Waals surface area (Å²) < 4.78 is 17.0. The van der Waals surface area contributed by atoms with Gasteiger partial charge >= 0.3 is 0 Å². The van der Waals surface area contributed by atoms with Gasteiger partial charge in [0.05, 0.1) is 30.5 Å². The van der Waals surface area contributed by atoms with Crippen LogP contribution < -0.4 is 14.8 Å². The van der Waals surface area contributed by atoms with E-state index in [1.54, 1.807) is 43.5 Å². The number of rotatable bonds is 6. The summed E-state index contributed by atoms with van der Waals surface area (Å²) in [5, 5.41) is 2.72. The molecule has 1 N–H and O–H groups in total. The third-order valence-electron chi connectivity index (χ3n) is 4.16. The highest BCUT2D eigenvalue weighted by Gasteiger charge is 2.22. The van der Waals surface area contributed by atoms with Gasteiger partial charge in [-0.15, -0.1) is 0 Å². The molecule has 7 heteroatoms. The first-order chi connectivity index (χ1) is 13.0. The molecule has 1 atom stereocenters. The summed E-state index contributed by atoms with van der Waals surface area (Å²) in [5.41, 5.74) is 1.27. The lowest BCUT2D eigenvalue weighted by molar-refractivity contribution is -0.114. The molecule has 0 aliphatic carbocycles. The second kappa shape index (κ2) is 8.54. The molecule has 0 aromatic heterocycles. The first-order valence-corrected chi connectivity index (χ1v) is 9.31. The minimum atomic E-state index is -0.267. The average Bonchev–Trinajstić information content (AvgIpc) is 3.16. The summed E-state index contributed by atoms with van der Waals surface area (Å²) in [7, 11) is 1.57. The van der Waals surface area contributed by atoms with Crippen molar-refractivity contribution in [2.24, 2.45) is 0 Å². The molecule has 1 saturated heterocycles. The van der Waals surface area contributed by atoms with Crippen molar-refractivity contribution in [3.8, 4) is 11.5 Å². The van der Waals surface area contributed by atoms with Gasteiger partial charge in [0.25, 0.3) is 0 Å². The Bertz CT molecular complexity index is 844. The van der Waals surface area contributed by atoms with Crippen LogP contribution in [0.3, 0.4) is 0 Å². The highest BCUT2D eigenvalue weighted by Crippen LogP contribution is 2.34. The van der Waals surface area contributed by atoms with Crippen LogP contribution >= 0.6 is 15.9 Å². The molecule has 0 spiro atoms. The van der Waals surface area contributed by atoms with E-state index in [4.69, 9.17) is 14.2 Å². The Kier molecular flexibility index (Phi) is 6.13. The Morgan fingerprint density at radius 1 is 1.22 bits per heavy atom. The Labute approximate surface area is 165 Å². The fourth-order valence-electron chi connectivity index (χ4n) is 2.81. The van der Waals surface area contributed by atoms with E-state index in [0.29, 0.717) is 46.0 Å². The van der Waals surface area contributed by atoms with E-state index in [0.717, 1.165) is 6.42 Å². The third kappa shape index (κ3) is 4.67. The fraction of sp³-hybridized carbons (Fsp3) is 0.300. The van der Waals surface area contributed by atoms with Crippen LogP contribution in [-0.4, -0.2) is 38.1 Å². The molecule has 0 bridgehead atoms. The normalized spacial score (nSPS) is 16.0. The van der Waals surface area contributed by atoms with Crippen molar-refractivity contribution in [1.29, 1.82) is 0 Å². The number of carbonyl (C=O) groups is 2. The van der Waals surface area contributed by atoms with Crippen molar-refractivity contribution in [3.63, 3.8) is 0 Å². The van der Waals surface area contributed by atoms with Crippen LogP contribution in [0.4, 0.5) is 5.69 Å². The molecule has 0 radical (unpaired) electrons. The minimum absolute atomic E-state index is 0.0467. The second-order valence-electron chi connectivity index (χ2n) is 6.17. The number of ether oxygens (including phenoxy) is 3. The van der Waals surface area contributed by atoms with E-state index in [1.165, 1.54) is 6.92 Å². The van der Waals surface area contributed by atoms with Crippen LogP contribution in [0.1, 0.15) is 29.3 Å². The molecule has 1 fully saturated rings. The van der Waals surface area contributed by atoms with Crippen molar-refractivity contribution in [1.82, 2.24) is 0 Å². The van der Waals surface area contributed by atoms with Crippen molar-refractivity contribution < 1.29 is 23.8 Å². The molecular weight excluding hydrogens is 414 g/mol. The molecule has 2 aromatic carbocycles. The van der Waals surface area contributed by atoms with Gasteiger partial charge in [-0.3, -0.25) is 9.59 Å². The summed E-state index contributed by atoms with van der Waals surface area (Å²) in [4.78, 5) is 24.6. The van der Waals surface area contributed by atoms with E-state index in [2.05, 4.69) is 21.2 Å². The van der Waals surface area contributed by atoms with Crippen LogP contribution in [0, 0.1) is 0 Å². The van der Waals surface area contributed by atoms with Crippen LogP contribution in [0.25, 0.3) is 0 Å². The quantitative estimate of drug-likeness (QED) is 0.700. The number of hydrogen-bond acceptors (Lipinski definition) is 5. The minimum Gasteiger partial charge on any atom is -0.497 e. The van der Waals surface area contributed by atoms with Gasteiger partial charge in [-0.1, -0.05) is 0 Å². The van der Waals surface area contributed by atoms with E-state index < -0.39 is 0 Å². The molecular formula is C20H20BrNO5. The molecule has 3 rings (SSSR count). The van der Waals surface area contributed by atoms with Crippen molar-refractivity contribution in [2.75, 3.05) is 25.6 Å². The lowest BCUT2D eigenvalue weighted by atomic mass is 10.0. The zero-order valence-electron chi connectivity index (χ0n) is 15.1. The fourth-order valence-corrected chi connectivity index (χ4v) is 3.24. The molecule has 1 heterocycles. The van der Waals surface area contributed by atoms with Gasteiger partial charge in [-0.05, 0) is 46.3 Å². The number of methoxy groups -OCH3 is 1. The maximum absolute atomic E-state index is 13.0. The maximum Gasteiger partial charge on any atom is 0.221 e. The summed E-state index contributed by atoms with van der Waals surface area (Å²) in [6, 6.07) is 10.2. The number of amides is 1. The van der Waals surface area contributed by atoms with Crippen LogP contribution in [0.2, 0.25) is 0 Å². The van der Waals surface area contributed by atoms with Gasteiger partial charge in [0.1, 0.15) is 17.6 Å². The van der Waals surface area contributed by atoms with E-state index in [1.807, 2.05) is 0 Å². The van der Waals surface area contributed by atoms with Gasteiger partial charge < -0.3 is 19.5 Å². The summed E-state index contributed by atoms with van der Waals surface area (Å²) in [6.45, 7) is 2.58. The number of hydrogen-bond donors (Lipinski definition) is 1. The Morgan fingerprint density at radius 2 is 1.96 bits per heavy atom. The molecule has 0 saturated carbocycles. The molecule has 6 nitrogen and oxygen atoms in total. The van der Waals surface area contributed by atoms with Gasteiger partial charge in [0.2, 0.25) is 5.91 Å². The topological polar surface area (TPSA) is 73.9 Å². The standard InChI is InChI=1S/C20H20BrNO5/c1-12(23)22-18-10-19(27-15-7-8-26-11-15)17(21)9-16(18)20(24)13-3-5-14(25-2)6-4-13/h3-6,9-10,15H,7-8,11H2,1-2H3,(H,22,23)/t15-/m0/s1. The first-order valence-electron chi connectivity index (χ1n) is 8.52. The highest BCUT2D eigenvalue weighted by molar-refractivity contribution is 9.10. The van der Waals surface area contributed by atoms with E-state index in [-0.39, 0.29) is 17.8 Å². The summed E-state index contributed by atoms with van der Waals surface area (Å²) in [5.74, 6) is 0.743. The van der Waals surface area contributed by atoms with E-state index in [9.17, 15) is 9.59 Å². The smallest absolute Gasteiger partial charge is 0.221 e. The maximum atomic E-state index is 13.0. The third-order valence-corrected chi connectivity index (χ3v) is 4.78. The van der Waals surface area contributed by atoms with Gasteiger partial charge in [-0.2, -0.15) is 0 Å². The average molecular weight is 434 g/mol. The second-order valence-corrected chi connectivity index (χ2v) is 7.02. The molecule has 142 valence electrons. The molecule has 1 aliphatic heterocycles. The van der Waals surface area contributed by atoms with E-state index >= 15 is 0 Å². The van der Waals surface area contributed by atoms with Crippen molar-refractivity contribution in [3.05, 3.63) is 52.0 Å². The predicted octanol–water partition coefficient (Wildman–Crippen LogP) is 3.81. The zero-order valence-corrected chi connectivity index (χ0v) is 16.7. The zero-order chi connectivity index (χ0) is 19.4. The molecule has 27 heavy (non-hydrogen) atoms. The predicted molar refractivity (Wildman–Crippen MR) is 105 cm³/mol. The number of ketones is 1. The van der Waals surface area contributed by atoms with Crippen molar-refractivity contribution in [2.45, 2.75) is 19.4 Å².